The highest BCUT2D eigenvalue weighted by atomic mass is 79.9. The smallest absolute Gasteiger partial charge is 0.120 e. The Balaban J connectivity index is 2.10. The van der Waals surface area contributed by atoms with Gasteiger partial charge < -0.3 is 4.74 Å². The highest BCUT2D eigenvalue weighted by molar-refractivity contribution is 9.10. The zero-order valence-corrected chi connectivity index (χ0v) is 11.8. The Labute approximate surface area is 106 Å². The van der Waals surface area contributed by atoms with Crippen LogP contribution in [0.1, 0.15) is 37.3 Å². The third-order valence-electron chi connectivity index (χ3n) is 3.36. The van der Waals surface area contributed by atoms with Crippen LogP contribution in [0, 0.1) is 19.8 Å². The van der Waals surface area contributed by atoms with Crippen LogP contribution in [-0.4, -0.2) is 6.10 Å². The molecule has 1 aromatic carbocycles. The normalized spacial score (nSPS) is 24.8. The van der Waals surface area contributed by atoms with E-state index in [4.69, 9.17) is 4.74 Å². The van der Waals surface area contributed by atoms with Gasteiger partial charge in [-0.05, 0) is 62.3 Å². The Kier molecular flexibility index (Phi) is 3.58. The van der Waals surface area contributed by atoms with Gasteiger partial charge in [0.15, 0.2) is 0 Å². The first-order valence-corrected chi connectivity index (χ1v) is 6.79. The van der Waals surface area contributed by atoms with Gasteiger partial charge in [-0.25, -0.2) is 0 Å². The number of hydrogen-bond acceptors (Lipinski definition) is 1. The second-order valence-electron chi connectivity index (χ2n) is 5.03. The molecule has 16 heavy (non-hydrogen) atoms. The lowest BCUT2D eigenvalue weighted by atomic mass is 10.1. The molecule has 0 spiro atoms. The van der Waals surface area contributed by atoms with Crippen LogP contribution >= 0.6 is 15.9 Å². The highest BCUT2D eigenvalue weighted by Crippen LogP contribution is 2.31. The van der Waals surface area contributed by atoms with E-state index in [0.29, 0.717) is 6.10 Å². The monoisotopic (exact) mass is 282 g/mol. The Hall–Kier alpha value is -0.500. The molecule has 0 saturated heterocycles. The van der Waals surface area contributed by atoms with E-state index < -0.39 is 0 Å². The van der Waals surface area contributed by atoms with Gasteiger partial charge in [-0.2, -0.15) is 0 Å². The van der Waals surface area contributed by atoms with Crippen molar-refractivity contribution in [3.63, 3.8) is 0 Å². The molecule has 1 nitrogen and oxygen atoms in total. The van der Waals surface area contributed by atoms with Crippen molar-refractivity contribution in [1.29, 1.82) is 0 Å². The molecule has 1 saturated carbocycles. The fraction of sp³-hybridized carbons (Fsp3) is 0.571. The largest absolute Gasteiger partial charge is 0.490 e. The Morgan fingerprint density at radius 3 is 2.31 bits per heavy atom. The quantitative estimate of drug-likeness (QED) is 0.768. The van der Waals surface area contributed by atoms with Crippen LogP contribution in [0.2, 0.25) is 0 Å². The average molecular weight is 283 g/mol. The summed E-state index contributed by atoms with van der Waals surface area (Å²) >= 11 is 3.58. The molecule has 1 fully saturated rings. The molecule has 0 N–H and O–H groups in total. The first-order chi connectivity index (χ1) is 7.56. The maximum Gasteiger partial charge on any atom is 0.120 e. The predicted molar refractivity (Wildman–Crippen MR) is 71.0 cm³/mol. The molecule has 2 rings (SSSR count). The fourth-order valence-corrected chi connectivity index (χ4v) is 2.66. The molecule has 0 radical (unpaired) electrons. The molecular weight excluding hydrogens is 264 g/mol. The van der Waals surface area contributed by atoms with Gasteiger partial charge in [0.05, 0.1) is 6.10 Å². The Morgan fingerprint density at radius 1 is 1.19 bits per heavy atom. The van der Waals surface area contributed by atoms with E-state index in [-0.39, 0.29) is 0 Å². The summed E-state index contributed by atoms with van der Waals surface area (Å²) in [4.78, 5) is 0. The van der Waals surface area contributed by atoms with Gasteiger partial charge in [-0.15, -0.1) is 0 Å². The van der Waals surface area contributed by atoms with Crippen molar-refractivity contribution in [3.05, 3.63) is 27.7 Å². The fourth-order valence-electron chi connectivity index (χ4n) is 2.43. The molecule has 0 bridgehead atoms. The molecule has 2 unspecified atom stereocenters. The highest BCUT2D eigenvalue weighted by Gasteiger charge is 2.22. The maximum atomic E-state index is 6.04. The van der Waals surface area contributed by atoms with E-state index in [2.05, 4.69) is 48.8 Å². The Bertz CT molecular complexity index is 363. The van der Waals surface area contributed by atoms with Crippen molar-refractivity contribution in [2.45, 2.75) is 46.1 Å². The predicted octanol–water partition coefficient (Wildman–Crippen LogP) is 4.63. The maximum absolute atomic E-state index is 6.04. The molecule has 0 amide bonds. The molecule has 0 aliphatic heterocycles. The second kappa shape index (κ2) is 4.79. The Morgan fingerprint density at radius 2 is 1.81 bits per heavy atom. The summed E-state index contributed by atoms with van der Waals surface area (Å²) in [5.74, 6) is 1.85. The molecule has 1 aliphatic rings. The van der Waals surface area contributed by atoms with Gasteiger partial charge in [0, 0.05) is 4.47 Å². The standard InChI is InChI=1S/C14H19BrO/c1-9-4-5-12(6-9)16-13-7-10(2)14(15)11(3)8-13/h7-9,12H,4-6H2,1-3H3. The summed E-state index contributed by atoms with van der Waals surface area (Å²) in [5.41, 5.74) is 2.50. The van der Waals surface area contributed by atoms with Crippen LogP contribution in [0.3, 0.4) is 0 Å². The van der Waals surface area contributed by atoms with Crippen molar-refractivity contribution in [1.82, 2.24) is 0 Å². The van der Waals surface area contributed by atoms with Gasteiger partial charge >= 0.3 is 0 Å². The molecule has 2 heteroatoms. The third-order valence-corrected chi connectivity index (χ3v) is 4.61. The number of halogens is 1. The summed E-state index contributed by atoms with van der Waals surface area (Å²) < 4.78 is 7.24. The third kappa shape index (κ3) is 2.60. The number of aryl methyl sites for hydroxylation is 2. The summed E-state index contributed by atoms with van der Waals surface area (Å²) in [6.45, 7) is 6.53. The molecule has 2 atom stereocenters. The average Bonchev–Trinajstić information content (AvgIpc) is 2.60. The van der Waals surface area contributed by atoms with Crippen LogP contribution in [-0.2, 0) is 0 Å². The van der Waals surface area contributed by atoms with E-state index in [1.165, 1.54) is 34.9 Å². The van der Waals surface area contributed by atoms with Crippen molar-refractivity contribution >= 4 is 15.9 Å². The van der Waals surface area contributed by atoms with Crippen LogP contribution in [0.4, 0.5) is 0 Å². The molecule has 1 aliphatic carbocycles. The van der Waals surface area contributed by atoms with Crippen LogP contribution < -0.4 is 4.74 Å². The zero-order chi connectivity index (χ0) is 11.7. The van der Waals surface area contributed by atoms with Crippen molar-refractivity contribution < 1.29 is 4.74 Å². The van der Waals surface area contributed by atoms with E-state index >= 15 is 0 Å². The van der Waals surface area contributed by atoms with Crippen molar-refractivity contribution in [2.24, 2.45) is 5.92 Å². The lowest BCUT2D eigenvalue weighted by Gasteiger charge is -2.15. The first-order valence-electron chi connectivity index (χ1n) is 5.99. The van der Waals surface area contributed by atoms with Crippen molar-refractivity contribution in [3.8, 4) is 5.75 Å². The number of hydrogen-bond donors (Lipinski definition) is 0. The minimum Gasteiger partial charge on any atom is -0.490 e. The molecule has 88 valence electrons. The topological polar surface area (TPSA) is 9.23 Å². The minimum atomic E-state index is 0.426. The molecule has 0 heterocycles. The van der Waals surface area contributed by atoms with Gasteiger partial charge in [0.2, 0.25) is 0 Å². The van der Waals surface area contributed by atoms with E-state index in [0.717, 1.165) is 11.7 Å². The van der Waals surface area contributed by atoms with E-state index in [9.17, 15) is 0 Å². The summed E-state index contributed by atoms with van der Waals surface area (Å²) in [5, 5.41) is 0. The van der Waals surface area contributed by atoms with Crippen LogP contribution in [0.15, 0.2) is 16.6 Å². The first kappa shape index (κ1) is 12.0. The van der Waals surface area contributed by atoms with Crippen LogP contribution in [0.25, 0.3) is 0 Å². The number of ether oxygens (including phenoxy) is 1. The second-order valence-corrected chi connectivity index (χ2v) is 5.82. The number of benzene rings is 1. The SMILES string of the molecule is Cc1cc(OC2CCC(C)C2)cc(C)c1Br. The summed E-state index contributed by atoms with van der Waals surface area (Å²) in [6, 6.07) is 4.25. The lowest BCUT2D eigenvalue weighted by Crippen LogP contribution is -2.12. The van der Waals surface area contributed by atoms with Crippen molar-refractivity contribution in [2.75, 3.05) is 0 Å². The molecular formula is C14H19BrO. The summed E-state index contributed by atoms with van der Waals surface area (Å²) in [6.07, 6.45) is 4.14. The van der Waals surface area contributed by atoms with Gasteiger partial charge in [-0.1, -0.05) is 22.9 Å². The van der Waals surface area contributed by atoms with Gasteiger partial charge in [0.25, 0.3) is 0 Å². The molecule has 1 aromatic rings. The summed E-state index contributed by atoms with van der Waals surface area (Å²) in [7, 11) is 0. The van der Waals surface area contributed by atoms with E-state index in [1.807, 2.05) is 0 Å². The van der Waals surface area contributed by atoms with E-state index in [1.54, 1.807) is 0 Å². The van der Waals surface area contributed by atoms with Crippen LogP contribution in [0.5, 0.6) is 5.75 Å². The van der Waals surface area contributed by atoms with Gasteiger partial charge in [-0.3, -0.25) is 0 Å². The minimum absolute atomic E-state index is 0.426. The number of rotatable bonds is 2. The van der Waals surface area contributed by atoms with Gasteiger partial charge in [0.1, 0.15) is 5.75 Å². The zero-order valence-electron chi connectivity index (χ0n) is 10.2. The molecule has 0 aromatic heterocycles. The lowest BCUT2D eigenvalue weighted by molar-refractivity contribution is 0.205.